The summed E-state index contributed by atoms with van der Waals surface area (Å²) in [5, 5.41) is 10.4. The topological polar surface area (TPSA) is 74.2 Å². The fourth-order valence-corrected chi connectivity index (χ4v) is 2.81. The molecule has 1 N–H and O–H groups in total. The number of rotatable bonds is 3. The summed E-state index contributed by atoms with van der Waals surface area (Å²) in [5.74, 6) is -1.15. The Morgan fingerprint density at radius 3 is 2.67 bits per heavy atom. The van der Waals surface area contributed by atoms with E-state index in [0.29, 0.717) is 6.42 Å². The van der Waals surface area contributed by atoms with Gasteiger partial charge in [-0.25, -0.2) is 4.79 Å². The van der Waals surface area contributed by atoms with Crippen LogP contribution in [0.1, 0.15) is 34.1 Å². The van der Waals surface area contributed by atoms with E-state index in [2.05, 4.69) is 4.74 Å². The highest BCUT2D eigenvalue weighted by atomic mass is 16.8. The van der Waals surface area contributed by atoms with E-state index in [-0.39, 0.29) is 18.8 Å². The zero-order chi connectivity index (χ0) is 15.8. The van der Waals surface area contributed by atoms with Gasteiger partial charge in [-0.2, -0.15) is 0 Å². The molecule has 6 heteroatoms. The summed E-state index contributed by atoms with van der Waals surface area (Å²) in [4.78, 5) is 11.3. The maximum atomic E-state index is 11.3. The lowest BCUT2D eigenvalue weighted by Crippen LogP contribution is -2.58. The van der Waals surface area contributed by atoms with Crippen LogP contribution in [-0.2, 0) is 23.7 Å². The van der Waals surface area contributed by atoms with E-state index < -0.39 is 23.5 Å². The second kappa shape index (κ2) is 5.68. The van der Waals surface area contributed by atoms with Gasteiger partial charge in [-0.05, 0) is 34.1 Å². The molecule has 2 fully saturated rings. The number of esters is 1. The molecule has 2 rings (SSSR count). The quantitative estimate of drug-likeness (QED) is 0.623. The molecule has 0 radical (unpaired) electrons. The van der Waals surface area contributed by atoms with Crippen molar-refractivity contribution in [1.29, 1.82) is 0 Å². The average molecular weight is 300 g/mol. The molecule has 21 heavy (non-hydrogen) atoms. The van der Waals surface area contributed by atoms with Crippen LogP contribution in [-0.4, -0.2) is 54.5 Å². The largest absolute Gasteiger partial charge is 0.466 e. The summed E-state index contributed by atoms with van der Waals surface area (Å²) in [5.41, 5.74) is -0.255. The Hall–Kier alpha value is -0.950. The normalized spacial score (nSPS) is 39.0. The minimum Gasteiger partial charge on any atom is -0.466 e. The van der Waals surface area contributed by atoms with Crippen LogP contribution in [0.25, 0.3) is 0 Å². The van der Waals surface area contributed by atoms with Crippen LogP contribution < -0.4 is 0 Å². The number of fused-ring (bicyclic) bond motifs is 1. The number of carbonyl (C=O) groups is 1. The smallest absolute Gasteiger partial charge is 0.330 e. The first-order valence-corrected chi connectivity index (χ1v) is 7.09. The van der Waals surface area contributed by atoms with E-state index in [1.54, 1.807) is 6.92 Å². The minimum absolute atomic E-state index is 0.170. The van der Waals surface area contributed by atoms with Gasteiger partial charge in [0.25, 0.3) is 0 Å². The van der Waals surface area contributed by atoms with Crippen molar-refractivity contribution in [2.75, 3.05) is 13.7 Å². The number of carbonyl (C=O) groups excluding carboxylic acids is 1. The van der Waals surface area contributed by atoms with E-state index >= 15 is 0 Å². The third-order valence-electron chi connectivity index (χ3n) is 3.79. The van der Waals surface area contributed by atoms with E-state index in [1.807, 2.05) is 20.8 Å². The van der Waals surface area contributed by atoms with Gasteiger partial charge in [-0.15, -0.1) is 0 Å². The molecule has 4 atom stereocenters. The van der Waals surface area contributed by atoms with Crippen LogP contribution in [0.5, 0.6) is 0 Å². The molecule has 120 valence electrons. The highest BCUT2D eigenvalue weighted by molar-refractivity contribution is 5.82. The maximum Gasteiger partial charge on any atom is 0.330 e. The average Bonchev–Trinajstić information content (AvgIpc) is 2.70. The monoisotopic (exact) mass is 300 g/mol. The Balaban J connectivity index is 2.12. The van der Waals surface area contributed by atoms with E-state index in [4.69, 9.17) is 14.2 Å². The van der Waals surface area contributed by atoms with Gasteiger partial charge in [0.15, 0.2) is 5.79 Å². The van der Waals surface area contributed by atoms with Crippen molar-refractivity contribution in [1.82, 2.24) is 0 Å². The standard InChI is InChI=1S/C15H24O6/c1-9(7-11(16)18-5)6-10-12-13(15(4,17)8-19-10)21-14(2,3)20-12/h7,10,12-13,17H,6,8H2,1-5H3/b9-7+. The third kappa shape index (κ3) is 3.63. The van der Waals surface area contributed by atoms with Crippen molar-refractivity contribution in [2.45, 2.75) is 63.8 Å². The summed E-state index contributed by atoms with van der Waals surface area (Å²) in [6, 6.07) is 0. The summed E-state index contributed by atoms with van der Waals surface area (Å²) in [7, 11) is 1.34. The van der Waals surface area contributed by atoms with Gasteiger partial charge >= 0.3 is 5.97 Å². The maximum absolute atomic E-state index is 11.3. The number of ether oxygens (including phenoxy) is 4. The summed E-state index contributed by atoms with van der Waals surface area (Å²) in [6.45, 7) is 7.32. The van der Waals surface area contributed by atoms with E-state index in [0.717, 1.165) is 5.57 Å². The zero-order valence-electron chi connectivity index (χ0n) is 13.2. The van der Waals surface area contributed by atoms with Gasteiger partial charge in [0.05, 0.1) is 19.8 Å². The molecule has 0 aromatic carbocycles. The van der Waals surface area contributed by atoms with Crippen molar-refractivity contribution in [3.05, 3.63) is 11.6 Å². The van der Waals surface area contributed by atoms with Gasteiger partial charge in [0.1, 0.15) is 17.8 Å². The van der Waals surface area contributed by atoms with Crippen molar-refractivity contribution in [2.24, 2.45) is 0 Å². The van der Waals surface area contributed by atoms with E-state index in [1.165, 1.54) is 13.2 Å². The molecule has 6 nitrogen and oxygen atoms in total. The summed E-state index contributed by atoms with van der Waals surface area (Å²) >= 11 is 0. The molecule has 2 heterocycles. The van der Waals surface area contributed by atoms with Crippen molar-refractivity contribution < 1.29 is 28.8 Å². The van der Waals surface area contributed by atoms with Crippen molar-refractivity contribution in [3.8, 4) is 0 Å². The molecule has 2 aliphatic heterocycles. The van der Waals surface area contributed by atoms with Gasteiger partial charge in [0.2, 0.25) is 0 Å². The van der Waals surface area contributed by atoms with Crippen LogP contribution in [0.15, 0.2) is 11.6 Å². The lowest BCUT2D eigenvalue weighted by atomic mass is 9.87. The number of methoxy groups -OCH3 is 1. The van der Waals surface area contributed by atoms with Crippen molar-refractivity contribution in [3.63, 3.8) is 0 Å². The molecule has 2 aliphatic rings. The molecule has 0 bridgehead atoms. The molecule has 0 aromatic rings. The molecule has 4 unspecified atom stereocenters. The highest BCUT2D eigenvalue weighted by Crippen LogP contribution is 2.40. The predicted molar refractivity (Wildman–Crippen MR) is 74.6 cm³/mol. The van der Waals surface area contributed by atoms with Crippen LogP contribution in [0.4, 0.5) is 0 Å². The second-order valence-corrected chi connectivity index (χ2v) is 6.45. The SMILES string of the molecule is COC(=O)/C=C(\C)CC1OCC(C)(O)C2OC(C)(C)OC12. The summed E-state index contributed by atoms with van der Waals surface area (Å²) < 4.78 is 22.1. The first-order chi connectivity index (χ1) is 9.64. The van der Waals surface area contributed by atoms with Gasteiger partial charge < -0.3 is 24.1 Å². The van der Waals surface area contributed by atoms with Crippen LogP contribution in [0.3, 0.4) is 0 Å². The van der Waals surface area contributed by atoms with Gasteiger partial charge in [0, 0.05) is 6.08 Å². The highest BCUT2D eigenvalue weighted by Gasteiger charge is 2.56. The molecule has 2 saturated heterocycles. The Labute approximate surface area is 125 Å². The third-order valence-corrected chi connectivity index (χ3v) is 3.79. The Bertz CT molecular complexity index is 439. The van der Waals surface area contributed by atoms with Crippen molar-refractivity contribution >= 4 is 5.97 Å². The Morgan fingerprint density at radius 2 is 2.05 bits per heavy atom. The zero-order valence-corrected chi connectivity index (χ0v) is 13.2. The van der Waals surface area contributed by atoms with Gasteiger partial charge in [-0.1, -0.05) is 5.57 Å². The molecule has 0 aliphatic carbocycles. The molecular weight excluding hydrogens is 276 g/mol. The lowest BCUT2D eigenvalue weighted by molar-refractivity contribution is -0.192. The number of aliphatic hydroxyl groups is 1. The minimum atomic E-state index is -1.09. The van der Waals surface area contributed by atoms with Crippen LogP contribution in [0, 0.1) is 0 Å². The number of hydrogen-bond donors (Lipinski definition) is 1. The van der Waals surface area contributed by atoms with Crippen LogP contribution >= 0.6 is 0 Å². The van der Waals surface area contributed by atoms with Gasteiger partial charge in [-0.3, -0.25) is 0 Å². The van der Waals surface area contributed by atoms with E-state index in [9.17, 15) is 9.90 Å². The predicted octanol–water partition coefficient (Wildman–Crippen LogP) is 1.17. The Morgan fingerprint density at radius 1 is 1.38 bits per heavy atom. The molecular formula is C15H24O6. The second-order valence-electron chi connectivity index (χ2n) is 6.45. The lowest BCUT2D eigenvalue weighted by Gasteiger charge is -2.41. The Kier molecular flexibility index (Phi) is 4.44. The summed E-state index contributed by atoms with van der Waals surface area (Å²) in [6.07, 6.45) is 0.873. The molecule has 0 amide bonds. The van der Waals surface area contributed by atoms with Crippen LogP contribution in [0.2, 0.25) is 0 Å². The fourth-order valence-electron chi connectivity index (χ4n) is 2.81. The first kappa shape index (κ1) is 16.4. The fraction of sp³-hybridized carbons (Fsp3) is 0.800. The molecule has 0 aromatic heterocycles. The molecule has 0 saturated carbocycles. The molecule has 0 spiro atoms. The first-order valence-electron chi connectivity index (χ1n) is 7.09. The number of hydrogen-bond acceptors (Lipinski definition) is 6.